The summed E-state index contributed by atoms with van der Waals surface area (Å²) in [6, 6.07) is 7.92. The third-order valence-electron chi connectivity index (χ3n) is 3.59. The van der Waals surface area contributed by atoms with Crippen molar-refractivity contribution in [1.29, 1.82) is 0 Å². The van der Waals surface area contributed by atoms with Crippen molar-refractivity contribution in [3.8, 4) is 11.3 Å². The number of carbonyl (C=O) groups is 1. The fourth-order valence-electron chi connectivity index (χ4n) is 2.28. The number of hydrogen-bond acceptors (Lipinski definition) is 3. The van der Waals surface area contributed by atoms with E-state index < -0.39 is 11.7 Å². The molecule has 0 unspecified atom stereocenters. The highest BCUT2D eigenvalue weighted by Gasteiger charge is 2.12. The van der Waals surface area contributed by atoms with Crippen molar-refractivity contribution < 1.29 is 9.18 Å². The normalized spacial score (nSPS) is 11.0. The maximum absolute atomic E-state index is 13.7. The molecule has 126 valence electrons. The lowest BCUT2D eigenvalue weighted by atomic mass is 10.1. The molecule has 0 saturated heterocycles. The Balaban J connectivity index is 1.73. The van der Waals surface area contributed by atoms with E-state index in [-0.39, 0.29) is 5.56 Å². The van der Waals surface area contributed by atoms with Gasteiger partial charge in [-0.3, -0.25) is 14.9 Å². The molecular weight excluding hydrogens is 343 g/mol. The number of pyridine rings is 1. The summed E-state index contributed by atoms with van der Waals surface area (Å²) in [5.74, 6) is -0.408. The predicted molar refractivity (Wildman–Crippen MR) is 95.6 cm³/mol. The third kappa shape index (κ3) is 3.92. The SMILES string of the molecule is Cc1c(-c2ccncc2)n[nH]c1NC(=O)C=Cc1ccc(Cl)cc1F. The molecule has 0 fully saturated rings. The minimum atomic E-state index is -0.491. The Bertz CT molecular complexity index is 938. The summed E-state index contributed by atoms with van der Waals surface area (Å²) in [5.41, 5.74) is 2.69. The Morgan fingerprint density at radius 2 is 2.04 bits per heavy atom. The van der Waals surface area contributed by atoms with E-state index in [2.05, 4.69) is 20.5 Å². The Kier molecular flexibility index (Phi) is 4.90. The fraction of sp³-hybridized carbons (Fsp3) is 0.0556. The van der Waals surface area contributed by atoms with Crippen molar-refractivity contribution in [2.75, 3.05) is 5.32 Å². The van der Waals surface area contributed by atoms with Gasteiger partial charge in [0.05, 0.1) is 5.69 Å². The molecule has 0 aliphatic rings. The number of aromatic amines is 1. The second-order valence-corrected chi connectivity index (χ2v) is 5.73. The van der Waals surface area contributed by atoms with Gasteiger partial charge in [-0.05, 0) is 37.3 Å². The van der Waals surface area contributed by atoms with Crippen LogP contribution in [0.5, 0.6) is 0 Å². The van der Waals surface area contributed by atoms with Crippen LogP contribution >= 0.6 is 11.6 Å². The minimum absolute atomic E-state index is 0.276. The van der Waals surface area contributed by atoms with Gasteiger partial charge < -0.3 is 5.32 Å². The molecule has 3 aromatic rings. The number of hydrogen-bond donors (Lipinski definition) is 2. The molecule has 25 heavy (non-hydrogen) atoms. The van der Waals surface area contributed by atoms with Crippen LogP contribution in [0.15, 0.2) is 48.8 Å². The van der Waals surface area contributed by atoms with Gasteiger partial charge in [-0.25, -0.2) is 4.39 Å². The summed E-state index contributed by atoms with van der Waals surface area (Å²) in [7, 11) is 0. The van der Waals surface area contributed by atoms with E-state index in [1.165, 1.54) is 24.3 Å². The van der Waals surface area contributed by atoms with E-state index in [9.17, 15) is 9.18 Å². The van der Waals surface area contributed by atoms with Crippen molar-refractivity contribution in [3.05, 3.63) is 70.8 Å². The largest absolute Gasteiger partial charge is 0.307 e. The third-order valence-corrected chi connectivity index (χ3v) is 3.82. The summed E-state index contributed by atoms with van der Waals surface area (Å²) >= 11 is 5.70. The van der Waals surface area contributed by atoms with E-state index >= 15 is 0 Å². The molecule has 2 heterocycles. The van der Waals surface area contributed by atoms with Crippen LogP contribution in [0.4, 0.5) is 10.2 Å². The van der Waals surface area contributed by atoms with Gasteiger partial charge in [0.1, 0.15) is 11.6 Å². The van der Waals surface area contributed by atoms with Crippen LogP contribution in [0.25, 0.3) is 17.3 Å². The van der Waals surface area contributed by atoms with Crippen molar-refractivity contribution in [3.63, 3.8) is 0 Å². The van der Waals surface area contributed by atoms with Gasteiger partial charge in [0.2, 0.25) is 5.91 Å². The van der Waals surface area contributed by atoms with Crippen LogP contribution in [-0.2, 0) is 4.79 Å². The van der Waals surface area contributed by atoms with Crippen molar-refractivity contribution >= 4 is 29.4 Å². The summed E-state index contributed by atoms with van der Waals surface area (Å²) in [5, 5.41) is 10.0. The highest BCUT2D eigenvalue weighted by Crippen LogP contribution is 2.25. The predicted octanol–water partition coefficient (Wildman–Crippen LogP) is 4.22. The standard InChI is InChI=1S/C18H14ClFN4O/c1-11-17(13-6-8-21-9-7-13)23-24-18(11)22-16(25)5-3-12-2-4-14(19)10-15(12)20/h2-10H,1H3,(H2,22,23,24,25). The Morgan fingerprint density at radius 1 is 1.28 bits per heavy atom. The smallest absolute Gasteiger partial charge is 0.249 e. The summed E-state index contributed by atoms with van der Waals surface area (Å²) in [6.45, 7) is 1.84. The number of halogens is 2. The first kappa shape index (κ1) is 16.9. The first-order valence-corrected chi connectivity index (χ1v) is 7.82. The van der Waals surface area contributed by atoms with Crippen LogP contribution in [0.3, 0.4) is 0 Å². The molecule has 0 atom stereocenters. The van der Waals surface area contributed by atoms with Crippen molar-refractivity contribution in [2.24, 2.45) is 0 Å². The fourth-order valence-corrected chi connectivity index (χ4v) is 2.44. The number of carbonyl (C=O) groups excluding carboxylic acids is 1. The number of aromatic nitrogens is 3. The molecule has 7 heteroatoms. The van der Waals surface area contributed by atoms with E-state index in [0.29, 0.717) is 10.8 Å². The molecule has 0 saturated carbocycles. The van der Waals surface area contributed by atoms with Crippen LogP contribution in [0.1, 0.15) is 11.1 Å². The van der Waals surface area contributed by atoms with Gasteiger partial charge in [0, 0.05) is 40.2 Å². The van der Waals surface area contributed by atoms with Crippen LogP contribution in [0, 0.1) is 12.7 Å². The summed E-state index contributed by atoms with van der Waals surface area (Å²) in [6.07, 6.45) is 5.98. The Hall–Kier alpha value is -2.99. The number of H-pyrrole nitrogens is 1. The van der Waals surface area contributed by atoms with Gasteiger partial charge in [0.15, 0.2) is 0 Å². The molecule has 0 spiro atoms. The highest BCUT2D eigenvalue weighted by atomic mass is 35.5. The molecule has 3 rings (SSSR count). The topological polar surface area (TPSA) is 70.7 Å². The molecule has 1 amide bonds. The molecule has 2 N–H and O–H groups in total. The number of anilines is 1. The molecule has 0 aliphatic carbocycles. The van der Waals surface area contributed by atoms with Crippen LogP contribution in [0.2, 0.25) is 5.02 Å². The first-order chi connectivity index (χ1) is 12.0. The first-order valence-electron chi connectivity index (χ1n) is 7.44. The van der Waals surface area contributed by atoms with Crippen molar-refractivity contribution in [2.45, 2.75) is 6.92 Å². The Morgan fingerprint density at radius 3 is 2.76 bits per heavy atom. The van der Waals surface area contributed by atoms with Gasteiger partial charge in [-0.2, -0.15) is 5.10 Å². The highest BCUT2D eigenvalue weighted by molar-refractivity contribution is 6.30. The van der Waals surface area contributed by atoms with E-state index in [1.54, 1.807) is 18.5 Å². The van der Waals surface area contributed by atoms with Crippen LogP contribution < -0.4 is 5.32 Å². The van der Waals surface area contributed by atoms with Gasteiger partial charge in [-0.15, -0.1) is 0 Å². The average Bonchev–Trinajstić information content (AvgIpc) is 2.95. The zero-order valence-electron chi connectivity index (χ0n) is 13.3. The maximum Gasteiger partial charge on any atom is 0.249 e. The van der Waals surface area contributed by atoms with E-state index in [0.717, 1.165) is 16.8 Å². The number of nitrogens with one attached hydrogen (secondary N) is 2. The summed E-state index contributed by atoms with van der Waals surface area (Å²) in [4.78, 5) is 16.0. The number of nitrogens with zero attached hydrogens (tertiary/aromatic N) is 2. The average molecular weight is 357 g/mol. The lowest BCUT2D eigenvalue weighted by Gasteiger charge is -2.02. The second kappa shape index (κ2) is 7.27. The molecule has 0 bridgehead atoms. The number of benzene rings is 1. The zero-order chi connectivity index (χ0) is 17.8. The summed E-state index contributed by atoms with van der Waals surface area (Å²) < 4.78 is 13.7. The number of amides is 1. The van der Waals surface area contributed by atoms with Crippen molar-refractivity contribution in [1.82, 2.24) is 15.2 Å². The zero-order valence-corrected chi connectivity index (χ0v) is 14.0. The second-order valence-electron chi connectivity index (χ2n) is 5.30. The molecule has 5 nitrogen and oxygen atoms in total. The van der Waals surface area contributed by atoms with Gasteiger partial charge >= 0.3 is 0 Å². The minimum Gasteiger partial charge on any atom is -0.307 e. The molecule has 2 aromatic heterocycles. The lowest BCUT2D eigenvalue weighted by molar-refractivity contribution is -0.111. The molecular formula is C18H14ClFN4O. The molecule has 1 aromatic carbocycles. The lowest BCUT2D eigenvalue weighted by Crippen LogP contribution is -2.09. The Labute approximate surface area is 148 Å². The monoisotopic (exact) mass is 356 g/mol. The van der Waals surface area contributed by atoms with E-state index in [1.807, 2.05) is 19.1 Å². The number of rotatable bonds is 4. The molecule has 0 radical (unpaired) electrons. The molecule has 0 aliphatic heterocycles. The van der Waals surface area contributed by atoms with Gasteiger partial charge in [0.25, 0.3) is 0 Å². The quantitative estimate of drug-likeness (QED) is 0.687. The van der Waals surface area contributed by atoms with E-state index in [4.69, 9.17) is 11.6 Å². The van der Waals surface area contributed by atoms with Gasteiger partial charge in [-0.1, -0.05) is 17.7 Å². The maximum atomic E-state index is 13.7. The van der Waals surface area contributed by atoms with Crippen LogP contribution in [-0.4, -0.2) is 21.1 Å².